The van der Waals surface area contributed by atoms with Gasteiger partial charge in [-0.15, -0.1) is 0 Å². The van der Waals surface area contributed by atoms with Crippen molar-refractivity contribution in [2.24, 2.45) is 11.8 Å². The van der Waals surface area contributed by atoms with Gasteiger partial charge in [0.25, 0.3) is 0 Å². The minimum Gasteiger partial charge on any atom is -0.455 e. The van der Waals surface area contributed by atoms with Crippen LogP contribution in [0.25, 0.3) is 72.5 Å². The standard InChI is InChI=1S/C51H36N2O/c1-2-13-37-27-28-39(43-29-26-33-14-9-10-19-40(33)48(37)43)34-22-24-35(25-23-34)41-30-31-44-42-20-11-12-21-47(42)54-50(44)49(41)46-32-45(36-15-5-3-6-16-36)52-51(53-46)38-17-7-4-8-18-38/h2-18,20-32,40,48H,1,19H2/b37-13-. The summed E-state index contributed by atoms with van der Waals surface area (Å²) < 4.78 is 6.74. The van der Waals surface area contributed by atoms with E-state index in [-0.39, 0.29) is 0 Å². The van der Waals surface area contributed by atoms with Crippen molar-refractivity contribution < 1.29 is 4.42 Å². The van der Waals surface area contributed by atoms with Gasteiger partial charge in [0.2, 0.25) is 0 Å². The van der Waals surface area contributed by atoms with Crippen LogP contribution < -0.4 is 0 Å². The lowest BCUT2D eigenvalue weighted by Crippen LogP contribution is -2.25. The van der Waals surface area contributed by atoms with Gasteiger partial charge < -0.3 is 4.42 Å². The molecular weight excluding hydrogens is 657 g/mol. The van der Waals surface area contributed by atoms with Crippen LogP contribution in [0.15, 0.2) is 210 Å². The van der Waals surface area contributed by atoms with Crippen molar-refractivity contribution in [3.05, 3.63) is 211 Å². The average molecular weight is 693 g/mol. The summed E-state index contributed by atoms with van der Waals surface area (Å²) in [5, 5.41) is 2.14. The third-order valence-corrected chi connectivity index (χ3v) is 11.0. The maximum atomic E-state index is 6.74. The number of hydrogen-bond donors (Lipinski definition) is 0. The third-order valence-electron chi connectivity index (χ3n) is 11.0. The fourth-order valence-corrected chi connectivity index (χ4v) is 8.45. The van der Waals surface area contributed by atoms with Crippen LogP contribution in [0.4, 0.5) is 0 Å². The van der Waals surface area contributed by atoms with Crippen molar-refractivity contribution >= 4 is 27.5 Å². The quantitative estimate of drug-likeness (QED) is 0.174. The number of nitrogens with zero attached hydrogens (tertiary/aromatic N) is 2. The smallest absolute Gasteiger partial charge is 0.160 e. The molecule has 0 amide bonds. The molecule has 2 aromatic heterocycles. The molecular formula is C51H36N2O. The number of benzene rings is 5. The molecule has 5 aromatic carbocycles. The molecule has 256 valence electrons. The SMILES string of the molecule is C=C/C=C1/C=CC(c2ccc(-c3ccc4c(oc5ccccc54)c3-c3cc(-c4ccccc4)nc(-c4ccccc4)n3)cc2)=C2C=CC3=CC=CCC3C21. The predicted molar refractivity (Wildman–Crippen MR) is 223 cm³/mol. The van der Waals surface area contributed by atoms with Crippen LogP contribution in [0.5, 0.6) is 0 Å². The molecule has 7 aromatic rings. The van der Waals surface area contributed by atoms with Crippen molar-refractivity contribution in [1.29, 1.82) is 0 Å². The van der Waals surface area contributed by atoms with Crippen molar-refractivity contribution in [3.8, 4) is 45.0 Å². The summed E-state index contributed by atoms with van der Waals surface area (Å²) in [5.74, 6) is 1.39. The minimum absolute atomic E-state index is 0.293. The molecule has 3 nitrogen and oxygen atoms in total. The first kappa shape index (κ1) is 31.9. The Bertz CT molecular complexity index is 2730. The van der Waals surface area contributed by atoms with E-state index in [1.807, 2.05) is 54.6 Å². The van der Waals surface area contributed by atoms with E-state index in [4.69, 9.17) is 14.4 Å². The summed E-state index contributed by atoms with van der Waals surface area (Å²) in [6.45, 7) is 4.02. The average Bonchev–Trinajstić information content (AvgIpc) is 3.63. The summed E-state index contributed by atoms with van der Waals surface area (Å²) >= 11 is 0. The van der Waals surface area contributed by atoms with Gasteiger partial charge >= 0.3 is 0 Å². The number of aromatic nitrogens is 2. The van der Waals surface area contributed by atoms with E-state index in [1.165, 1.54) is 27.9 Å². The first-order chi connectivity index (χ1) is 26.7. The first-order valence-corrected chi connectivity index (χ1v) is 18.6. The first-order valence-electron chi connectivity index (χ1n) is 18.6. The van der Waals surface area contributed by atoms with Crippen LogP contribution in [-0.4, -0.2) is 9.97 Å². The second-order valence-electron chi connectivity index (χ2n) is 14.1. The van der Waals surface area contributed by atoms with Gasteiger partial charge in [0.05, 0.1) is 17.0 Å². The van der Waals surface area contributed by atoms with Gasteiger partial charge in [0.15, 0.2) is 5.82 Å². The van der Waals surface area contributed by atoms with Gasteiger partial charge in [-0.05, 0) is 69.5 Å². The zero-order valence-corrected chi connectivity index (χ0v) is 29.7. The van der Waals surface area contributed by atoms with Crippen LogP contribution in [0.3, 0.4) is 0 Å². The van der Waals surface area contributed by atoms with Crippen molar-refractivity contribution in [1.82, 2.24) is 9.97 Å². The molecule has 0 bridgehead atoms. The highest BCUT2D eigenvalue weighted by atomic mass is 16.3. The van der Waals surface area contributed by atoms with Crippen molar-refractivity contribution in [3.63, 3.8) is 0 Å². The summed E-state index contributed by atoms with van der Waals surface area (Å²) in [5.41, 5.74) is 15.0. The van der Waals surface area contributed by atoms with E-state index in [0.29, 0.717) is 17.7 Å². The van der Waals surface area contributed by atoms with Crippen molar-refractivity contribution in [2.45, 2.75) is 6.42 Å². The highest BCUT2D eigenvalue weighted by molar-refractivity contribution is 6.12. The predicted octanol–water partition coefficient (Wildman–Crippen LogP) is 13.2. The topological polar surface area (TPSA) is 38.9 Å². The zero-order chi connectivity index (χ0) is 36.0. The molecule has 54 heavy (non-hydrogen) atoms. The maximum Gasteiger partial charge on any atom is 0.160 e. The molecule has 3 aliphatic rings. The minimum atomic E-state index is 0.293. The van der Waals surface area contributed by atoms with Crippen LogP contribution in [0.2, 0.25) is 0 Å². The van der Waals surface area contributed by atoms with Gasteiger partial charge in [0, 0.05) is 27.8 Å². The Balaban J connectivity index is 1.15. The van der Waals surface area contributed by atoms with Crippen LogP contribution >= 0.6 is 0 Å². The summed E-state index contributed by atoms with van der Waals surface area (Å²) in [6, 6.07) is 44.3. The zero-order valence-electron chi connectivity index (χ0n) is 29.7. The highest BCUT2D eigenvalue weighted by Gasteiger charge is 2.34. The number of allylic oxidation sites excluding steroid dienone is 13. The van der Waals surface area contributed by atoms with E-state index < -0.39 is 0 Å². The van der Waals surface area contributed by atoms with E-state index in [2.05, 4.69) is 134 Å². The Hall–Kier alpha value is -6.84. The molecule has 2 atom stereocenters. The Labute approximate surface area is 315 Å². The largest absolute Gasteiger partial charge is 0.455 e. The third kappa shape index (κ3) is 5.45. The number of fused-ring (bicyclic) bond motifs is 6. The fraction of sp³-hybridized carbons (Fsp3) is 0.0588. The van der Waals surface area contributed by atoms with Crippen molar-refractivity contribution in [2.75, 3.05) is 0 Å². The molecule has 10 rings (SSSR count). The van der Waals surface area contributed by atoms with E-state index >= 15 is 0 Å². The number of rotatable bonds is 6. The molecule has 0 fully saturated rings. The summed E-state index contributed by atoms with van der Waals surface area (Å²) in [7, 11) is 0. The van der Waals surface area contributed by atoms with Gasteiger partial charge in [-0.1, -0.05) is 170 Å². The lowest BCUT2D eigenvalue weighted by atomic mass is 9.66. The molecule has 2 unspecified atom stereocenters. The second kappa shape index (κ2) is 13.3. The van der Waals surface area contributed by atoms with Gasteiger partial charge in [-0.2, -0.15) is 0 Å². The van der Waals surface area contributed by atoms with Crippen LogP contribution in [-0.2, 0) is 0 Å². The lowest BCUT2D eigenvalue weighted by molar-refractivity contribution is 0.499. The Morgan fingerprint density at radius 3 is 2.20 bits per heavy atom. The molecule has 0 saturated carbocycles. The van der Waals surface area contributed by atoms with Gasteiger partial charge in [-0.3, -0.25) is 0 Å². The molecule has 2 heterocycles. The molecule has 3 aliphatic carbocycles. The van der Waals surface area contributed by atoms with E-state index in [0.717, 1.165) is 67.6 Å². The molecule has 0 saturated heterocycles. The molecule has 0 radical (unpaired) electrons. The molecule has 0 spiro atoms. The number of para-hydroxylation sites is 1. The van der Waals surface area contributed by atoms with Crippen LogP contribution in [0, 0.1) is 11.8 Å². The summed E-state index contributed by atoms with van der Waals surface area (Å²) in [4.78, 5) is 10.4. The number of furan rings is 1. The normalized spacial score (nSPS) is 18.2. The monoisotopic (exact) mass is 692 g/mol. The Morgan fingerprint density at radius 1 is 0.648 bits per heavy atom. The number of hydrogen-bond acceptors (Lipinski definition) is 3. The van der Waals surface area contributed by atoms with Crippen LogP contribution in [0.1, 0.15) is 12.0 Å². The van der Waals surface area contributed by atoms with E-state index in [9.17, 15) is 0 Å². The molecule has 0 N–H and O–H groups in total. The maximum absolute atomic E-state index is 6.74. The second-order valence-corrected chi connectivity index (χ2v) is 14.1. The van der Waals surface area contributed by atoms with Gasteiger partial charge in [0.1, 0.15) is 11.2 Å². The van der Waals surface area contributed by atoms with E-state index in [1.54, 1.807) is 0 Å². The summed E-state index contributed by atoms with van der Waals surface area (Å²) in [6.07, 6.45) is 21.1. The molecule has 3 heteroatoms. The van der Waals surface area contributed by atoms with Gasteiger partial charge in [-0.25, -0.2) is 9.97 Å². The lowest BCUT2D eigenvalue weighted by Gasteiger charge is -2.37. The Kier molecular flexibility index (Phi) is 7.84. The fourth-order valence-electron chi connectivity index (χ4n) is 8.45. The molecule has 0 aliphatic heterocycles. The Morgan fingerprint density at radius 2 is 1.39 bits per heavy atom. The highest BCUT2D eigenvalue weighted by Crippen LogP contribution is 2.48.